The summed E-state index contributed by atoms with van der Waals surface area (Å²) in [6.07, 6.45) is 6.93. The summed E-state index contributed by atoms with van der Waals surface area (Å²) in [6, 6.07) is 20.1. The van der Waals surface area contributed by atoms with Gasteiger partial charge in [0, 0.05) is 43.8 Å². The molecule has 0 bridgehead atoms. The van der Waals surface area contributed by atoms with Gasteiger partial charge in [-0.25, -0.2) is 29.9 Å². The van der Waals surface area contributed by atoms with Crippen LogP contribution in [0, 0.1) is 18.3 Å². The number of nitrogens with one attached hydrogen (secondary N) is 1. The average molecular weight is 584 g/mol. The lowest BCUT2D eigenvalue weighted by molar-refractivity contribution is 0.211. The molecule has 0 aliphatic carbocycles. The topological polar surface area (TPSA) is 160 Å². The summed E-state index contributed by atoms with van der Waals surface area (Å²) in [5.74, 6) is 3.10. The van der Waals surface area contributed by atoms with Gasteiger partial charge in [0.1, 0.15) is 34.7 Å². The Morgan fingerprint density at radius 2 is 1.82 bits per heavy atom. The molecule has 6 heterocycles. The zero-order valence-corrected chi connectivity index (χ0v) is 24.1. The molecule has 1 fully saturated rings. The molecule has 1 aliphatic heterocycles. The van der Waals surface area contributed by atoms with Gasteiger partial charge < -0.3 is 15.5 Å². The molecule has 0 spiro atoms. The number of aromatic nitrogens is 7. The van der Waals surface area contributed by atoms with Crippen LogP contribution in [0.1, 0.15) is 30.0 Å². The van der Waals surface area contributed by atoms with E-state index in [4.69, 9.17) is 25.4 Å². The van der Waals surface area contributed by atoms with Gasteiger partial charge in [0.05, 0.1) is 11.8 Å². The van der Waals surface area contributed by atoms with E-state index in [0.29, 0.717) is 40.7 Å². The number of imidazole rings is 1. The maximum absolute atomic E-state index is 9.06. The second kappa shape index (κ2) is 11.5. The molecule has 0 atom stereocenters. The maximum atomic E-state index is 9.06. The molecular weight excluding hydrogens is 554 g/mol. The predicted molar refractivity (Wildman–Crippen MR) is 165 cm³/mol. The summed E-state index contributed by atoms with van der Waals surface area (Å²) >= 11 is 0. The molecule has 12 heteroatoms. The molecule has 0 amide bonds. The van der Waals surface area contributed by atoms with E-state index in [1.54, 1.807) is 24.7 Å². The van der Waals surface area contributed by atoms with E-state index in [1.165, 1.54) is 5.56 Å². The number of benzene rings is 1. The van der Waals surface area contributed by atoms with Crippen molar-refractivity contribution < 1.29 is 4.42 Å². The van der Waals surface area contributed by atoms with Crippen molar-refractivity contribution in [2.45, 2.75) is 32.4 Å². The van der Waals surface area contributed by atoms with Gasteiger partial charge >= 0.3 is 0 Å². The SMILES string of the molecule is Cc1cnc(-c2ccc3nc(-c4cccnc4N)n(-c4ccc(CN5CCC(Nc6ccnc(C#N)n6)CC5)cc4)c3n2)o1. The Morgan fingerprint density at radius 3 is 2.57 bits per heavy atom. The number of rotatable bonds is 7. The van der Waals surface area contributed by atoms with Crippen LogP contribution < -0.4 is 11.1 Å². The minimum absolute atomic E-state index is 0.177. The zero-order valence-electron chi connectivity index (χ0n) is 24.1. The number of hydrogen-bond acceptors (Lipinski definition) is 11. The Morgan fingerprint density at radius 1 is 0.977 bits per heavy atom. The molecule has 6 aromatic rings. The van der Waals surface area contributed by atoms with Gasteiger partial charge in [0.2, 0.25) is 11.7 Å². The van der Waals surface area contributed by atoms with Crippen LogP contribution in [0.2, 0.25) is 0 Å². The lowest BCUT2D eigenvalue weighted by Gasteiger charge is -2.32. The summed E-state index contributed by atoms with van der Waals surface area (Å²) in [4.78, 5) is 29.1. The number of pyridine rings is 2. The molecule has 1 aliphatic rings. The van der Waals surface area contributed by atoms with Crippen molar-refractivity contribution in [2.24, 2.45) is 0 Å². The first kappa shape index (κ1) is 27.2. The number of nitrogens with zero attached hydrogens (tertiary/aromatic N) is 9. The fraction of sp³-hybridized carbons (Fsp3) is 0.219. The number of nitriles is 1. The molecule has 7 rings (SSSR count). The summed E-state index contributed by atoms with van der Waals surface area (Å²) in [5.41, 5.74) is 11.2. The van der Waals surface area contributed by atoms with Crippen LogP contribution in [-0.4, -0.2) is 58.5 Å². The van der Waals surface area contributed by atoms with Crippen LogP contribution in [0.3, 0.4) is 0 Å². The van der Waals surface area contributed by atoms with Gasteiger partial charge in [-0.1, -0.05) is 12.1 Å². The number of anilines is 2. The van der Waals surface area contributed by atoms with E-state index in [1.807, 2.05) is 41.8 Å². The first-order valence-corrected chi connectivity index (χ1v) is 14.4. The van der Waals surface area contributed by atoms with Crippen molar-refractivity contribution in [1.82, 2.24) is 39.4 Å². The van der Waals surface area contributed by atoms with Crippen LogP contribution in [0.15, 0.2) is 77.6 Å². The highest BCUT2D eigenvalue weighted by atomic mass is 16.4. The zero-order chi connectivity index (χ0) is 30.0. The Hall–Kier alpha value is -5.67. The Balaban J connectivity index is 1.13. The van der Waals surface area contributed by atoms with Crippen LogP contribution in [-0.2, 0) is 6.54 Å². The molecule has 12 nitrogen and oxygen atoms in total. The Bertz CT molecular complexity index is 1980. The number of nitrogen functional groups attached to an aromatic ring is 1. The standard InChI is InChI=1S/C32H29N11O/c1-20-18-37-32(44-20)26-9-8-25-31(40-26)43(30(39-25)24-3-2-13-36-29(24)34)23-6-4-21(5-7-23)19-42-15-11-22(12-16-42)38-27-10-14-35-28(17-33)41-27/h2-10,13-14,18,22H,11-12,15-16,19H2,1H3,(H2,34,36)(H,35,38,41). The number of aryl methyl sites for hydroxylation is 1. The van der Waals surface area contributed by atoms with E-state index < -0.39 is 0 Å². The maximum Gasteiger partial charge on any atom is 0.245 e. The minimum atomic E-state index is 0.177. The molecular formula is C32H29N11O. The quantitative estimate of drug-likeness (QED) is 0.266. The van der Waals surface area contributed by atoms with Gasteiger partial charge in [0.15, 0.2) is 11.5 Å². The molecule has 0 saturated carbocycles. The highest BCUT2D eigenvalue weighted by Gasteiger charge is 2.22. The molecule has 0 unspecified atom stereocenters. The molecule has 0 radical (unpaired) electrons. The van der Waals surface area contributed by atoms with E-state index in [9.17, 15) is 0 Å². The minimum Gasteiger partial charge on any atom is -0.440 e. The largest absolute Gasteiger partial charge is 0.440 e. The van der Waals surface area contributed by atoms with Crippen molar-refractivity contribution in [3.63, 3.8) is 0 Å². The number of hydrogen-bond donors (Lipinski definition) is 2. The lowest BCUT2D eigenvalue weighted by Crippen LogP contribution is -2.38. The van der Waals surface area contributed by atoms with Gasteiger partial charge in [-0.3, -0.25) is 9.47 Å². The number of nitrogens with two attached hydrogens (primary N) is 1. The van der Waals surface area contributed by atoms with Crippen molar-refractivity contribution in [2.75, 3.05) is 24.1 Å². The van der Waals surface area contributed by atoms with Crippen LogP contribution in [0.25, 0.3) is 39.8 Å². The van der Waals surface area contributed by atoms with Crippen molar-refractivity contribution in [3.05, 3.63) is 90.3 Å². The smallest absolute Gasteiger partial charge is 0.245 e. The van der Waals surface area contributed by atoms with E-state index in [2.05, 4.69) is 54.4 Å². The van der Waals surface area contributed by atoms with Gasteiger partial charge in [0.25, 0.3) is 0 Å². The van der Waals surface area contributed by atoms with Crippen molar-refractivity contribution in [3.8, 4) is 34.7 Å². The van der Waals surface area contributed by atoms with E-state index in [-0.39, 0.29) is 5.82 Å². The molecule has 3 N–H and O–H groups in total. The van der Waals surface area contributed by atoms with Crippen LogP contribution in [0.4, 0.5) is 11.6 Å². The van der Waals surface area contributed by atoms with Crippen molar-refractivity contribution >= 4 is 22.8 Å². The average Bonchev–Trinajstić information content (AvgIpc) is 3.66. The third-order valence-corrected chi connectivity index (χ3v) is 7.72. The van der Waals surface area contributed by atoms with Crippen molar-refractivity contribution in [1.29, 1.82) is 5.26 Å². The predicted octanol–water partition coefficient (Wildman–Crippen LogP) is 4.77. The highest BCUT2D eigenvalue weighted by molar-refractivity contribution is 5.84. The number of piperidine rings is 1. The molecule has 1 aromatic carbocycles. The number of oxazole rings is 1. The first-order chi connectivity index (χ1) is 21.5. The second-order valence-corrected chi connectivity index (χ2v) is 10.8. The fourth-order valence-electron chi connectivity index (χ4n) is 5.53. The normalized spacial score (nSPS) is 14.1. The summed E-state index contributed by atoms with van der Waals surface area (Å²) < 4.78 is 7.76. The number of fused-ring (bicyclic) bond motifs is 1. The molecule has 44 heavy (non-hydrogen) atoms. The third kappa shape index (κ3) is 5.44. The second-order valence-electron chi connectivity index (χ2n) is 10.8. The number of likely N-dealkylation sites (tertiary alicyclic amines) is 1. The summed E-state index contributed by atoms with van der Waals surface area (Å²) in [5, 5.41) is 12.5. The summed E-state index contributed by atoms with van der Waals surface area (Å²) in [7, 11) is 0. The Labute approximate surface area is 253 Å². The van der Waals surface area contributed by atoms with Crippen LogP contribution >= 0.6 is 0 Å². The van der Waals surface area contributed by atoms with E-state index >= 15 is 0 Å². The third-order valence-electron chi connectivity index (χ3n) is 7.72. The van der Waals surface area contributed by atoms with Gasteiger partial charge in [-0.15, -0.1) is 0 Å². The highest BCUT2D eigenvalue weighted by Crippen LogP contribution is 2.32. The fourth-order valence-corrected chi connectivity index (χ4v) is 5.53. The van der Waals surface area contributed by atoms with Gasteiger partial charge in [-0.2, -0.15) is 5.26 Å². The lowest BCUT2D eigenvalue weighted by atomic mass is 10.0. The molecule has 218 valence electrons. The Kier molecular flexibility index (Phi) is 7.13. The monoisotopic (exact) mass is 583 g/mol. The molecule has 5 aromatic heterocycles. The van der Waals surface area contributed by atoms with Gasteiger partial charge in [-0.05, 0) is 67.8 Å². The van der Waals surface area contributed by atoms with E-state index in [0.717, 1.165) is 55.0 Å². The van der Waals surface area contributed by atoms with Crippen LogP contribution in [0.5, 0.6) is 0 Å². The molecule has 1 saturated heterocycles. The summed E-state index contributed by atoms with van der Waals surface area (Å²) in [6.45, 7) is 4.62. The first-order valence-electron chi connectivity index (χ1n) is 14.4.